The summed E-state index contributed by atoms with van der Waals surface area (Å²) in [4.78, 5) is 0. The van der Waals surface area contributed by atoms with Gasteiger partial charge in [-0.25, -0.2) is 0 Å². The molecule has 0 unspecified atom stereocenters. The van der Waals surface area contributed by atoms with Gasteiger partial charge < -0.3 is 0 Å². The zero-order chi connectivity index (χ0) is 14.3. The maximum atomic E-state index is 2.23. The summed E-state index contributed by atoms with van der Waals surface area (Å²) in [7, 11) is 0. The molecule has 2 rings (SSSR count). The van der Waals surface area contributed by atoms with Gasteiger partial charge in [-0.1, -0.05) is 34.6 Å². The van der Waals surface area contributed by atoms with Crippen molar-refractivity contribution < 1.29 is 40.4 Å². The second kappa shape index (κ2) is 11.8. The summed E-state index contributed by atoms with van der Waals surface area (Å²) < 4.78 is 0. The van der Waals surface area contributed by atoms with Gasteiger partial charge in [0.1, 0.15) is 0 Å². The van der Waals surface area contributed by atoms with Crippen molar-refractivity contribution in [2.24, 2.45) is 0 Å². The fourth-order valence-electron chi connectivity index (χ4n) is 2.34. The SMILES string of the molecule is CC[C]1[C](C)[C](C)[C](C)[C]1C.[CH]1[CH][CH][CH][CH][CH][CH][CH]1.[Sm]. The van der Waals surface area contributed by atoms with E-state index in [1.807, 2.05) is 51.4 Å². The Morgan fingerprint density at radius 2 is 0.800 bits per heavy atom. The summed E-state index contributed by atoms with van der Waals surface area (Å²) in [6.07, 6.45) is 17.2. The third-order valence-electron chi connectivity index (χ3n) is 3.84. The van der Waals surface area contributed by atoms with Crippen LogP contribution in [0.15, 0.2) is 0 Å². The van der Waals surface area contributed by atoms with Crippen LogP contribution < -0.4 is 0 Å². The molecule has 0 heterocycles. The van der Waals surface area contributed by atoms with Crippen LogP contribution in [0.25, 0.3) is 0 Å². The zero-order valence-corrected chi connectivity index (χ0v) is 15.9. The van der Waals surface area contributed by atoms with Crippen molar-refractivity contribution in [1.82, 2.24) is 0 Å². The minimum Gasteiger partial charge on any atom is -0.0648 e. The van der Waals surface area contributed by atoms with Crippen molar-refractivity contribution in [3.05, 3.63) is 81.0 Å². The van der Waals surface area contributed by atoms with Gasteiger partial charge in [-0.3, -0.25) is 0 Å². The summed E-state index contributed by atoms with van der Waals surface area (Å²) in [6, 6.07) is 0. The van der Waals surface area contributed by atoms with E-state index in [1.54, 1.807) is 5.92 Å². The second-order valence-corrected chi connectivity index (χ2v) is 4.87. The van der Waals surface area contributed by atoms with Crippen molar-refractivity contribution in [3.8, 4) is 0 Å². The molecule has 107 valence electrons. The molecule has 0 saturated heterocycles. The molecule has 0 aromatic carbocycles. The van der Waals surface area contributed by atoms with Gasteiger partial charge >= 0.3 is 0 Å². The van der Waals surface area contributed by atoms with Crippen LogP contribution in [0.4, 0.5) is 0 Å². The topological polar surface area (TPSA) is 0 Å². The molecule has 0 amide bonds. The minimum atomic E-state index is 0. The third-order valence-corrected chi connectivity index (χ3v) is 3.84. The summed E-state index contributed by atoms with van der Waals surface area (Å²) in [5.41, 5.74) is 0. The van der Waals surface area contributed by atoms with Crippen LogP contribution in [-0.4, -0.2) is 0 Å². The van der Waals surface area contributed by atoms with Crippen LogP contribution in [0.5, 0.6) is 0 Å². The Kier molecular flexibility index (Phi) is 12.6. The Morgan fingerprint density at radius 3 is 0.950 bits per heavy atom. The van der Waals surface area contributed by atoms with E-state index in [-0.39, 0.29) is 40.4 Å². The molecule has 0 spiro atoms. The van der Waals surface area contributed by atoms with E-state index >= 15 is 0 Å². The Morgan fingerprint density at radius 1 is 0.550 bits per heavy atom. The van der Waals surface area contributed by atoms with Crippen LogP contribution in [0, 0.1) is 121 Å². The zero-order valence-electron chi connectivity index (χ0n) is 13.2. The molecular weight excluding hydrogens is 379 g/mol. The van der Waals surface area contributed by atoms with E-state index in [0.29, 0.717) is 0 Å². The molecule has 2 fully saturated rings. The number of rotatable bonds is 1. The molecule has 2 aliphatic rings. The molecule has 20 heavy (non-hydrogen) atoms. The normalized spacial score (nSPS) is 24.4. The average Bonchev–Trinajstić information content (AvgIpc) is 2.54. The van der Waals surface area contributed by atoms with Crippen molar-refractivity contribution in [2.75, 3.05) is 0 Å². The van der Waals surface area contributed by atoms with Gasteiger partial charge in [0, 0.05) is 40.4 Å². The molecule has 1 heteroatoms. The Hall–Kier alpha value is 1.34. The Balaban J connectivity index is 0.000000359. The summed E-state index contributed by atoms with van der Waals surface area (Å²) in [5, 5.41) is 0. The third kappa shape index (κ3) is 6.62. The van der Waals surface area contributed by atoms with Gasteiger partial charge in [0.2, 0.25) is 0 Å². The predicted octanol–water partition coefficient (Wildman–Crippen LogP) is 5.00. The molecule has 2 aliphatic carbocycles. The van der Waals surface area contributed by atoms with Crippen LogP contribution in [-0.2, 0) is 0 Å². The first kappa shape index (κ1) is 21.3. The molecule has 0 aromatic rings. The van der Waals surface area contributed by atoms with Crippen molar-refractivity contribution in [1.29, 1.82) is 0 Å². The van der Waals surface area contributed by atoms with Gasteiger partial charge in [-0.15, -0.1) is 0 Å². The van der Waals surface area contributed by atoms with Gasteiger partial charge in [0.15, 0.2) is 0 Å². The molecule has 0 N–H and O–H groups in total. The number of hydrogen-bond acceptors (Lipinski definition) is 0. The average molecular weight is 404 g/mol. The van der Waals surface area contributed by atoms with Crippen LogP contribution in [0.1, 0.15) is 41.0 Å². The predicted molar refractivity (Wildman–Crippen MR) is 83.6 cm³/mol. The minimum absolute atomic E-state index is 0. The van der Waals surface area contributed by atoms with E-state index < -0.39 is 0 Å². The van der Waals surface area contributed by atoms with E-state index in [4.69, 9.17) is 0 Å². The molecule has 0 aliphatic heterocycles. The maximum absolute atomic E-state index is 2.23. The van der Waals surface area contributed by atoms with Gasteiger partial charge in [0.05, 0.1) is 0 Å². The van der Waals surface area contributed by atoms with E-state index in [1.165, 1.54) is 30.1 Å². The van der Waals surface area contributed by atoms with Gasteiger partial charge in [-0.2, -0.15) is 0 Å². The summed E-state index contributed by atoms with van der Waals surface area (Å²) in [5.74, 6) is 7.53. The molecular formula is C19H25Sm. The molecule has 0 aromatic heterocycles. The molecule has 2 saturated carbocycles. The first-order valence-electron chi connectivity index (χ1n) is 6.98. The first-order valence-corrected chi connectivity index (χ1v) is 6.98. The smallest absolute Gasteiger partial charge is 0 e. The quantitative estimate of drug-likeness (QED) is 0.578. The van der Waals surface area contributed by atoms with Crippen LogP contribution in [0.3, 0.4) is 0 Å². The molecule has 13 radical (unpaired) electrons. The van der Waals surface area contributed by atoms with E-state index in [9.17, 15) is 0 Å². The maximum Gasteiger partial charge on any atom is 0 e. The van der Waals surface area contributed by atoms with Gasteiger partial charge in [0.25, 0.3) is 0 Å². The Bertz CT molecular complexity index is 188. The van der Waals surface area contributed by atoms with Crippen molar-refractivity contribution in [3.63, 3.8) is 0 Å². The second-order valence-electron chi connectivity index (χ2n) is 4.87. The number of hydrogen-bond donors (Lipinski definition) is 0. The molecule has 0 atom stereocenters. The Labute approximate surface area is 161 Å². The monoisotopic (exact) mass is 405 g/mol. The van der Waals surface area contributed by atoms with Crippen LogP contribution >= 0.6 is 0 Å². The summed E-state index contributed by atoms with van der Waals surface area (Å²) in [6.45, 7) is 11.1. The standard InChI is InChI=1S/C11H17.C8H8.Sm/c1-6-11-9(4)7(2)8(3)10(11)5;1-2-4-6-8-7-5-3-1;/h6H2,1-5H3;1-8H;. The van der Waals surface area contributed by atoms with E-state index in [2.05, 4.69) is 34.6 Å². The fraction of sp³-hybridized carbons (Fsp3) is 0.316. The fourth-order valence-corrected chi connectivity index (χ4v) is 2.34. The van der Waals surface area contributed by atoms with E-state index in [0.717, 1.165) is 0 Å². The largest absolute Gasteiger partial charge is 0.0648 e. The van der Waals surface area contributed by atoms with Crippen molar-refractivity contribution >= 4 is 0 Å². The first-order chi connectivity index (χ1) is 9.09. The summed E-state index contributed by atoms with van der Waals surface area (Å²) >= 11 is 0. The molecule has 0 bridgehead atoms. The van der Waals surface area contributed by atoms with Gasteiger partial charge in [-0.05, 0) is 87.4 Å². The van der Waals surface area contributed by atoms with Crippen LogP contribution in [0.2, 0.25) is 0 Å². The van der Waals surface area contributed by atoms with Crippen molar-refractivity contribution in [2.45, 2.75) is 41.0 Å². The molecule has 0 nitrogen and oxygen atoms in total.